The molecule has 58 valence electrons. The first-order valence-corrected chi connectivity index (χ1v) is 3.98. The number of likely N-dealkylation sites (N-methyl/N-ethyl adjacent to an activating group) is 1. The van der Waals surface area contributed by atoms with Gasteiger partial charge in [0.25, 0.3) is 0 Å². The maximum atomic E-state index is 10.1. The van der Waals surface area contributed by atoms with Gasteiger partial charge in [-0.3, -0.25) is 4.90 Å². The smallest absolute Gasteiger partial charge is 0.133 e. The van der Waals surface area contributed by atoms with Crippen LogP contribution in [0.5, 0.6) is 0 Å². The number of hydrogen-bond acceptors (Lipinski definition) is 2. The van der Waals surface area contributed by atoms with Gasteiger partial charge in [-0.15, -0.1) is 0 Å². The van der Waals surface area contributed by atoms with Crippen LogP contribution in [0.2, 0.25) is 0 Å². The molecule has 1 aliphatic carbocycles. The molecule has 0 heterocycles. The van der Waals surface area contributed by atoms with E-state index in [1.807, 2.05) is 7.05 Å². The van der Waals surface area contributed by atoms with Crippen LogP contribution in [0.3, 0.4) is 0 Å². The Morgan fingerprint density at radius 2 is 2.10 bits per heavy atom. The van der Waals surface area contributed by atoms with Crippen LogP contribution in [-0.2, 0) is 4.79 Å². The van der Waals surface area contributed by atoms with Gasteiger partial charge in [0.1, 0.15) is 6.29 Å². The lowest BCUT2D eigenvalue weighted by atomic mass is 10.2. The van der Waals surface area contributed by atoms with Gasteiger partial charge in [0, 0.05) is 6.04 Å². The van der Waals surface area contributed by atoms with Gasteiger partial charge in [-0.25, -0.2) is 0 Å². The summed E-state index contributed by atoms with van der Waals surface area (Å²) < 4.78 is 0. The molecule has 1 aliphatic rings. The van der Waals surface area contributed by atoms with E-state index in [4.69, 9.17) is 0 Å². The Labute approximate surface area is 62.2 Å². The van der Waals surface area contributed by atoms with Crippen LogP contribution >= 0.6 is 0 Å². The Morgan fingerprint density at radius 3 is 2.60 bits per heavy atom. The van der Waals surface area contributed by atoms with E-state index in [1.165, 1.54) is 25.7 Å². The Bertz CT molecular complexity index is 108. The second kappa shape index (κ2) is 3.71. The van der Waals surface area contributed by atoms with Gasteiger partial charge < -0.3 is 4.79 Å². The van der Waals surface area contributed by atoms with E-state index in [9.17, 15) is 4.79 Å². The fourth-order valence-electron chi connectivity index (χ4n) is 1.61. The lowest BCUT2D eigenvalue weighted by Gasteiger charge is -2.20. The molecule has 1 saturated carbocycles. The molecule has 0 aliphatic heterocycles. The fourth-order valence-corrected chi connectivity index (χ4v) is 1.61. The van der Waals surface area contributed by atoms with Gasteiger partial charge in [0.05, 0.1) is 6.54 Å². The van der Waals surface area contributed by atoms with Crippen molar-refractivity contribution < 1.29 is 4.79 Å². The predicted octanol–water partition coefficient (Wildman–Crippen LogP) is 1.06. The average Bonchev–Trinajstić information content (AvgIpc) is 2.38. The summed E-state index contributed by atoms with van der Waals surface area (Å²) in [6.07, 6.45) is 6.23. The quantitative estimate of drug-likeness (QED) is 0.548. The minimum Gasteiger partial charge on any atom is -0.302 e. The highest BCUT2D eigenvalue weighted by Gasteiger charge is 2.18. The zero-order valence-electron chi connectivity index (χ0n) is 6.55. The summed E-state index contributed by atoms with van der Waals surface area (Å²) in [5, 5.41) is 0. The summed E-state index contributed by atoms with van der Waals surface area (Å²) in [6.45, 7) is 0.602. The van der Waals surface area contributed by atoms with Crippen molar-refractivity contribution in [2.45, 2.75) is 31.7 Å². The van der Waals surface area contributed by atoms with E-state index in [-0.39, 0.29) is 0 Å². The fraction of sp³-hybridized carbons (Fsp3) is 0.875. The van der Waals surface area contributed by atoms with Crippen molar-refractivity contribution in [2.75, 3.05) is 13.6 Å². The molecule has 2 nitrogen and oxygen atoms in total. The van der Waals surface area contributed by atoms with Crippen LogP contribution < -0.4 is 0 Å². The summed E-state index contributed by atoms with van der Waals surface area (Å²) >= 11 is 0. The first kappa shape index (κ1) is 7.73. The Morgan fingerprint density at radius 1 is 1.50 bits per heavy atom. The Balaban J connectivity index is 2.24. The summed E-state index contributed by atoms with van der Waals surface area (Å²) in [7, 11) is 2.03. The van der Waals surface area contributed by atoms with Crippen LogP contribution in [0.1, 0.15) is 25.7 Å². The lowest BCUT2D eigenvalue weighted by Crippen LogP contribution is -2.30. The molecule has 10 heavy (non-hydrogen) atoms. The van der Waals surface area contributed by atoms with Gasteiger partial charge in [-0.05, 0) is 19.9 Å². The van der Waals surface area contributed by atoms with Crippen molar-refractivity contribution in [1.82, 2.24) is 4.90 Å². The van der Waals surface area contributed by atoms with Gasteiger partial charge >= 0.3 is 0 Å². The number of rotatable bonds is 3. The molecule has 0 aromatic rings. The number of hydrogen-bond donors (Lipinski definition) is 0. The molecule has 0 amide bonds. The second-order valence-corrected chi connectivity index (χ2v) is 3.04. The van der Waals surface area contributed by atoms with Crippen molar-refractivity contribution >= 4 is 6.29 Å². The highest BCUT2D eigenvalue weighted by Crippen LogP contribution is 2.21. The van der Waals surface area contributed by atoms with Crippen molar-refractivity contribution in [3.63, 3.8) is 0 Å². The van der Waals surface area contributed by atoms with E-state index in [0.717, 1.165) is 6.29 Å². The van der Waals surface area contributed by atoms with E-state index >= 15 is 0 Å². The maximum absolute atomic E-state index is 10.1. The van der Waals surface area contributed by atoms with E-state index in [0.29, 0.717) is 12.6 Å². The van der Waals surface area contributed by atoms with Gasteiger partial charge in [-0.2, -0.15) is 0 Å². The van der Waals surface area contributed by atoms with Gasteiger partial charge in [0.15, 0.2) is 0 Å². The molecule has 1 rings (SSSR count). The molecule has 0 unspecified atom stereocenters. The monoisotopic (exact) mass is 141 g/mol. The third kappa shape index (κ3) is 1.81. The molecule has 0 aromatic carbocycles. The van der Waals surface area contributed by atoms with Crippen LogP contribution in [0, 0.1) is 0 Å². The molecule has 0 saturated heterocycles. The summed E-state index contributed by atoms with van der Waals surface area (Å²) in [5.74, 6) is 0. The zero-order chi connectivity index (χ0) is 7.40. The number of nitrogens with zero attached hydrogens (tertiary/aromatic N) is 1. The molecule has 0 aromatic heterocycles. The Kier molecular flexibility index (Phi) is 2.87. The Hall–Kier alpha value is -0.370. The normalized spacial score (nSPS) is 20.2. The van der Waals surface area contributed by atoms with Crippen molar-refractivity contribution in [3.05, 3.63) is 0 Å². The molecule has 0 radical (unpaired) electrons. The number of aldehydes is 1. The molecule has 0 atom stereocenters. The maximum Gasteiger partial charge on any atom is 0.133 e. The van der Waals surface area contributed by atoms with Gasteiger partial charge in [0.2, 0.25) is 0 Å². The van der Waals surface area contributed by atoms with E-state index < -0.39 is 0 Å². The number of carbonyl (C=O) groups is 1. The minimum atomic E-state index is 0.602. The van der Waals surface area contributed by atoms with Crippen LogP contribution in [0.4, 0.5) is 0 Å². The molecule has 0 bridgehead atoms. The van der Waals surface area contributed by atoms with Crippen molar-refractivity contribution in [2.24, 2.45) is 0 Å². The zero-order valence-corrected chi connectivity index (χ0v) is 6.55. The van der Waals surface area contributed by atoms with Crippen LogP contribution in [-0.4, -0.2) is 30.8 Å². The molecular weight excluding hydrogens is 126 g/mol. The number of carbonyl (C=O) groups excluding carboxylic acids is 1. The molecule has 0 N–H and O–H groups in total. The molecule has 2 heteroatoms. The van der Waals surface area contributed by atoms with Crippen molar-refractivity contribution in [3.8, 4) is 0 Å². The first-order valence-electron chi connectivity index (χ1n) is 3.98. The highest BCUT2D eigenvalue weighted by atomic mass is 16.1. The third-order valence-corrected chi connectivity index (χ3v) is 2.31. The van der Waals surface area contributed by atoms with Crippen LogP contribution in [0.25, 0.3) is 0 Å². The lowest BCUT2D eigenvalue weighted by molar-refractivity contribution is -0.109. The molecular formula is C8H15NO. The molecule has 0 spiro atoms. The SMILES string of the molecule is CN(CC=O)C1CCCC1. The second-order valence-electron chi connectivity index (χ2n) is 3.04. The third-order valence-electron chi connectivity index (χ3n) is 2.31. The standard InChI is InChI=1S/C8H15NO/c1-9(6-7-10)8-4-2-3-5-8/h7-8H,2-6H2,1H3. The minimum absolute atomic E-state index is 0.602. The topological polar surface area (TPSA) is 20.3 Å². The summed E-state index contributed by atoms with van der Waals surface area (Å²) in [6, 6.07) is 0.685. The van der Waals surface area contributed by atoms with Crippen molar-refractivity contribution in [1.29, 1.82) is 0 Å². The van der Waals surface area contributed by atoms with Crippen LogP contribution in [0.15, 0.2) is 0 Å². The largest absolute Gasteiger partial charge is 0.302 e. The summed E-state index contributed by atoms with van der Waals surface area (Å²) in [5.41, 5.74) is 0. The van der Waals surface area contributed by atoms with Gasteiger partial charge in [-0.1, -0.05) is 12.8 Å². The first-order chi connectivity index (χ1) is 4.84. The van der Waals surface area contributed by atoms with E-state index in [1.54, 1.807) is 0 Å². The average molecular weight is 141 g/mol. The predicted molar refractivity (Wildman–Crippen MR) is 41.0 cm³/mol. The van der Waals surface area contributed by atoms with E-state index in [2.05, 4.69) is 4.90 Å². The molecule has 1 fully saturated rings. The highest BCUT2D eigenvalue weighted by molar-refractivity contribution is 5.51. The summed E-state index contributed by atoms with van der Waals surface area (Å²) in [4.78, 5) is 12.3.